The highest BCUT2D eigenvalue weighted by Gasteiger charge is 2.36. The van der Waals surface area contributed by atoms with Gasteiger partial charge < -0.3 is 14.4 Å². The van der Waals surface area contributed by atoms with E-state index in [2.05, 4.69) is 21.9 Å². The van der Waals surface area contributed by atoms with Crippen LogP contribution in [-0.4, -0.2) is 44.2 Å². The zero-order valence-corrected chi connectivity index (χ0v) is 13.6. The first-order valence-electron chi connectivity index (χ1n) is 8.19. The van der Waals surface area contributed by atoms with Gasteiger partial charge in [-0.15, -0.1) is 0 Å². The standard InChI is InChI=1S/C19H20N2O3/c1-23-15-8-6-14(7-9-15)20-10-12-21(13-11-20)18-16-4-2-3-5-17(16)19(22)24-18/h2-9,18H,10-13H2,1H3/t18-/m0/s1. The molecule has 5 nitrogen and oxygen atoms in total. The molecule has 0 aliphatic carbocycles. The number of carbonyl (C=O) groups is 1. The molecular formula is C19H20N2O3. The van der Waals surface area contributed by atoms with Crippen LogP contribution in [0.25, 0.3) is 0 Å². The van der Waals surface area contributed by atoms with E-state index in [4.69, 9.17) is 9.47 Å². The summed E-state index contributed by atoms with van der Waals surface area (Å²) in [7, 11) is 1.68. The van der Waals surface area contributed by atoms with Gasteiger partial charge in [-0.25, -0.2) is 4.79 Å². The maximum absolute atomic E-state index is 12.0. The smallest absolute Gasteiger partial charge is 0.340 e. The highest BCUT2D eigenvalue weighted by Crippen LogP contribution is 2.34. The van der Waals surface area contributed by atoms with E-state index in [0.717, 1.165) is 37.5 Å². The monoisotopic (exact) mass is 324 g/mol. The van der Waals surface area contributed by atoms with Gasteiger partial charge in [0.1, 0.15) is 5.75 Å². The fraction of sp³-hybridized carbons (Fsp3) is 0.316. The predicted molar refractivity (Wildman–Crippen MR) is 91.4 cm³/mol. The Morgan fingerprint density at radius 1 is 1.00 bits per heavy atom. The second-order valence-corrected chi connectivity index (χ2v) is 6.07. The zero-order valence-electron chi connectivity index (χ0n) is 13.6. The number of methoxy groups -OCH3 is 1. The van der Waals surface area contributed by atoms with Gasteiger partial charge in [0.15, 0.2) is 6.23 Å². The van der Waals surface area contributed by atoms with Crippen LogP contribution < -0.4 is 9.64 Å². The summed E-state index contributed by atoms with van der Waals surface area (Å²) >= 11 is 0. The van der Waals surface area contributed by atoms with Crippen LogP contribution in [0.4, 0.5) is 5.69 Å². The Morgan fingerprint density at radius 3 is 2.42 bits per heavy atom. The molecule has 5 heteroatoms. The summed E-state index contributed by atoms with van der Waals surface area (Å²) < 4.78 is 10.8. The molecule has 0 spiro atoms. The molecule has 4 rings (SSSR count). The van der Waals surface area contributed by atoms with Crippen molar-refractivity contribution in [2.24, 2.45) is 0 Å². The second-order valence-electron chi connectivity index (χ2n) is 6.07. The Labute approximate surface area is 141 Å². The first-order chi connectivity index (χ1) is 11.8. The minimum absolute atomic E-state index is 0.215. The average molecular weight is 324 g/mol. The number of nitrogens with zero attached hydrogens (tertiary/aromatic N) is 2. The molecule has 1 atom stereocenters. The molecule has 0 saturated carbocycles. The molecule has 24 heavy (non-hydrogen) atoms. The molecular weight excluding hydrogens is 304 g/mol. The summed E-state index contributed by atoms with van der Waals surface area (Å²) in [5, 5.41) is 0. The van der Waals surface area contributed by atoms with Crippen molar-refractivity contribution in [3.8, 4) is 5.75 Å². The predicted octanol–water partition coefficient (Wildman–Crippen LogP) is 2.69. The van der Waals surface area contributed by atoms with Gasteiger partial charge in [-0.05, 0) is 30.3 Å². The number of esters is 1. The Hall–Kier alpha value is -2.53. The van der Waals surface area contributed by atoms with E-state index in [-0.39, 0.29) is 12.2 Å². The average Bonchev–Trinajstić information content (AvgIpc) is 2.99. The highest BCUT2D eigenvalue weighted by atomic mass is 16.6. The first-order valence-corrected chi connectivity index (χ1v) is 8.19. The molecule has 2 aliphatic rings. The van der Waals surface area contributed by atoms with Crippen LogP contribution >= 0.6 is 0 Å². The minimum Gasteiger partial charge on any atom is -0.497 e. The molecule has 0 radical (unpaired) electrons. The number of rotatable bonds is 3. The normalized spacial score (nSPS) is 20.6. The molecule has 0 aromatic heterocycles. The van der Waals surface area contributed by atoms with Crippen LogP contribution in [0.1, 0.15) is 22.1 Å². The number of anilines is 1. The van der Waals surface area contributed by atoms with Crippen molar-refractivity contribution in [3.05, 3.63) is 59.7 Å². The molecule has 2 aromatic rings. The van der Waals surface area contributed by atoms with Crippen LogP contribution in [0, 0.1) is 0 Å². The van der Waals surface area contributed by atoms with Gasteiger partial charge in [-0.1, -0.05) is 18.2 Å². The first kappa shape index (κ1) is 15.0. The van der Waals surface area contributed by atoms with Crippen LogP contribution in [0.2, 0.25) is 0 Å². The Balaban J connectivity index is 1.44. The quantitative estimate of drug-likeness (QED) is 0.812. The van der Waals surface area contributed by atoms with Crippen molar-refractivity contribution in [2.45, 2.75) is 6.23 Å². The fourth-order valence-corrected chi connectivity index (χ4v) is 3.41. The van der Waals surface area contributed by atoms with E-state index in [1.807, 2.05) is 36.4 Å². The molecule has 2 aromatic carbocycles. The van der Waals surface area contributed by atoms with Crippen LogP contribution in [-0.2, 0) is 4.74 Å². The summed E-state index contributed by atoms with van der Waals surface area (Å²) in [6.45, 7) is 3.53. The van der Waals surface area contributed by atoms with Crippen molar-refractivity contribution < 1.29 is 14.3 Å². The van der Waals surface area contributed by atoms with Crippen molar-refractivity contribution in [1.29, 1.82) is 0 Å². The number of cyclic esters (lactones) is 1. The summed E-state index contributed by atoms with van der Waals surface area (Å²) in [5.41, 5.74) is 2.87. The van der Waals surface area contributed by atoms with Crippen molar-refractivity contribution in [1.82, 2.24) is 4.90 Å². The molecule has 1 saturated heterocycles. The summed E-state index contributed by atoms with van der Waals surface area (Å²) in [4.78, 5) is 16.6. The molecule has 1 fully saturated rings. The number of ether oxygens (including phenoxy) is 2. The minimum atomic E-state index is -0.244. The third-order valence-corrected chi connectivity index (χ3v) is 4.75. The van der Waals surface area contributed by atoms with E-state index < -0.39 is 0 Å². The number of piperazine rings is 1. The van der Waals surface area contributed by atoms with Gasteiger partial charge in [0.25, 0.3) is 0 Å². The largest absolute Gasteiger partial charge is 0.497 e. The molecule has 124 valence electrons. The third-order valence-electron chi connectivity index (χ3n) is 4.75. The molecule has 2 aliphatic heterocycles. The number of hydrogen-bond donors (Lipinski definition) is 0. The van der Waals surface area contributed by atoms with Crippen LogP contribution in [0.5, 0.6) is 5.75 Å². The fourth-order valence-electron chi connectivity index (χ4n) is 3.41. The lowest BCUT2D eigenvalue weighted by atomic mass is 10.1. The van der Waals surface area contributed by atoms with Crippen LogP contribution in [0.15, 0.2) is 48.5 Å². The van der Waals surface area contributed by atoms with E-state index in [1.54, 1.807) is 7.11 Å². The second kappa shape index (κ2) is 6.17. The summed E-state index contributed by atoms with van der Waals surface area (Å²) in [6, 6.07) is 15.8. The lowest BCUT2D eigenvalue weighted by Gasteiger charge is -2.38. The molecule has 0 amide bonds. The van der Waals surface area contributed by atoms with Crippen molar-refractivity contribution in [2.75, 3.05) is 38.2 Å². The highest BCUT2D eigenvalue weighted by molar-refractivity contribution is 5.93. The molecule has 0 bridgehead atoms. The van der Waals surface area contributed by atoms with Gasteiger partial charge in [0.2, 0.25) is 0 Å². The topological polar surface area (TPSA) is 42.0 Å². The number of carbonyl (C=O) groups excluding carboxylic acids is 1. The number of fused-ring (bicyclic) bond motifs is 1. The summed E-state index contributed by atoms with van der Waals surface area (Å²) in [6.07, 6.45) is -0.244. The molecule has 0 unspecified atom stereocenters. The number of benzene rings is 2. The van der Waals surface area contributed by atoms with Crippen LogP contribution in [0.3, 0.4) is 0 Å². The van der Waals surface area contributed by atoms with Gasteiger partial charge in [-0.2, -0.15) is 0 Å². The lowest BCUT2D eigenvalue weighted by Crippen LogP contribution is -2.47. The maximum atomic E-state index is 12.0. The van der Waals surface area contributed by atoms with Crippen molar-refractivity contribution in [3.63, 3.8) is 0 Å². The third kappa shape index (κ3) is 2.61. The van der Waals surface area contributed by atoms with E-state index >= 15 is 0 Å². The SMILES string of the molecule is COc1ccc(N2CCN([C@H]3OC(=O)c4ccccc43)CC2)cc1. The van der Waals surface area contributed by atoms with E-state index in [0.29, 0.717) is 5.56 Å². The zero-order chi connectivity index (χ0) is 16.5. The van der Waals surface area contributed by atoms with E-state index in [1.165, 1.54) is 5.69 Å². The van der Waals surface area contributed by atoms with Gasteiger partial charge in [0.05, 0.1) is 12.7 Å². The Kier molecular flexibility index (Phi) is 3.86. The van der Waals surface area contributed by atoms with Gasteiger partial charge in [-0.3, -0.25) is 4.90 Å². The Morgan fingerprint density at radius 2 is 1.71 bits per heavy atom. The van der Waals surface area contributed by atoms with Gasteiger partial charge >= 0.3 is 5.97 Å². The number of hydrogen-bond acceptors (Lipinski definition) is 5. The molecule has 0 N–H and O–H groups in total. The summed E-state index contributed by atoms with van der Waals surface area (Å²) in [5.74, 6) is 0.653. The van der Waals surface area contributed by atoms with E-state index in [9.17, 15) is 4.79 Å². The molecule has 2 heterocycles. The Bertz CT molecular complexity index is 737. The maximum Gasteiger partial charge on any atom is 0.340 e. The van der Waals surface area contributed by atoms with Gasteiger partial charge in [0, 0.05) is 37.4 Å². The van der Waals surface area contributed by atoms with Crippen molar-refractivity contribution >= 4 is 11.7 Å². The lowest BCUT2D eigenvalue weighted by molar-refractivity contribution is -0.0250.